The Morgan fingerprint density at radius 1 is 1.17 bits per heavy atom. The molecule has 0 saturated heterocycles. The topological polar surface area (TPSA) is 80.9 Å². The maximum atomic E-state index is 12.6. The summed E-state index contributed by atoms with van der Waals surface area (Å²) in [6, 6.07) is 15.3. The van der Waals surface area contributed by atoms with Crippen molar-refractivity contribution >= 4 is 39.8 Å². The van der Waals surface area contributed by atoms with Crippen LogP contribution in [-0.2, 0) is 5.75 Å². The fourth-order valence-corrected chi connectivity index (χ4v) is 3.83. The van der Waals surface area contributed by atoms with E-state index in [4.69, 9.17) is 5.73 Å². The SMILES string of the molecule is Cc1ccccc1NC(=O)c1ccccc1CSc1nnc(N)s1. The molecule has 5 nitrogen and oxygen atoms in total. The molecular formula is C17H16N4OS2. The molecule has 7 heteroatoms. The van der Waals surface area contributed by atoms with Gasteiger partial charge in [-0.05, 0) is 30.2 Å². The largest absolute Gasteiger partial charge is 0.374 e. The molecule has 0 bridgehead atoms. The van der Waals surface area contributed by atoms with E-state index in [0.717, 1.165) is 21.2 Å². The number of rotatable bonds is 5. The third-order valence-electron chi connectivity index (χ3n) is 3.43. The molecule has 122 valence electrons. The molecule has 0 saturated carbocycles. The fraction of sp³-hybridized carbons (Fsp3) is 0.118. The number of nitrogens with zero attached hydrogens (tertiary/aromatic N) is 2. The number of hydrogen-bond acceptors (Lipinski definition) is 6. The molecule has 0 unspecified atom stereocenters. The Labute approximate surface area is 148 Å². The number of hydrogen-bond donors (Lipinski definition) is 2. The third kappa shape index (κ3) is 3.93. The molecule has 0 spiro atoms. The highest BCUT2D eigenvalue weighted by molar-refractivity contribution is 8.00. The van der Waals surface area contributed by atoms with Crippen LogP contribution >= 0.6 is 23.1 Å². The van der Waals surface area contributed by atoms with Gasteiger partial charge in [0.25, 0.3) is 5.91 Å². The van der Waals surface area contributed by atoms with Crippen LogP contribution in [0.5, 0.6) is 0 Å². The Bertz CT molecular complexity index is 863. The van der Waals surface area contributed by atoms with Crippen molar-refractivity contribution in [1.29, 1.82) is 0 Å². The zero-order valence-electron chi connectivity index (χ0n) is 13.0. The predicted molar refractivity (Wildman–Crippen MR) is 99.5 cm³/mol. The second-order valence-electron chi connectivity index (χ2n) is 5.12. The Morgan fingerprint density at radius 3 is 2.67 bits per heavy atom. The molecule has 0 aliphatic carbocycles. The molecule has 2 aromatic carbocycles. The van der Waals surface area contributed by atoms with Gasteiger partial charge < -0.3 is 11.1 Å². The van der Waals surface area contributed by atoms with Gasteiger partial charge >= 0.3 is 0 Å². The van der Waals surface area contributed by atoms with Gasteiger partial charge in [0.2, 0.25) is 5.13 Å². The fourth-order valence-electron chi connectivity index (χ4n) is 2.19. The minimum atomic E-state index is -0.114. The van der Waals surface area contributed by atoms with Crippen molar-refractivity contribution in [3.05, 3.63) is 65.2 Å². The van der Waals surface area contributed by atoms with Crippen LogP contribution < -0.4 is 11.1 Å². The highest BCUT2D eigenvalue weighted by atomic mass is 32.2. The predicted octanol–water partition coefficient (Wildman–Crippen LogP) is 3.97. The minimum Gasteiger partial charge on any atom is -0.374 e. The number of aryl methyl sites for hydroxylation is 1. The van der Waals surface area contributed by atoms with Crippen molar-refractivity contribution in [3.63, 3.8) is 0 Å². The average molecular weight is 356 g/mol. The Kier molecular flexibility index (Phi) is 5.12. The molecule has 0 radical (unpaired) electrons. The molecule has 1 heterocycles. The number of aromatic nitrogens is 2. The molecule has 0 aliphatic rings. The van der Waals surface area contributed by atoms with E-state index >= 15 is 0 Å². The maximum absolute atomic E-state index is 12.6. The highest BCUT2D eigenvalue weighted by Crippen LogP contribution is 2.28. The number of nitrogens with one attached hydrogen (secondary N) is 1. The number of carbonyl (C=O) groups excluding carboxylic acids is 1. The first-order valence-electron chi connectivity index (χ1n) is 7.30. The number of nitrogens with two attached hydrogens (primary N) is 1. The van der Waals surface area contributed by atoms with Crippen LogP contribution in [0.25, 0.3) is 0 Å². The number of carbonyl (C=O) groups is 1. The summed E-state index contributed by atoms with van der Waals surface area (Å²) in [5.41, 5.74) is 9.05. The summed E-state index contributed by atoms with van der Waals surface area (Å²) >= 11 is 2.86. The van der Waals surface area contributed by atoms with Crippen molar-refractivity contribution < 1.29 is 4.79 Å². The molecule has 3 rings (SSSR count). The van der Waals surface area contributed by atoms with Gasteiger partial charge in [-0.1, -0.05) is 59.5 Å². The summed E-state index contributed by atoms with van der Waals surface area (Å²) in [4.78, 5) is 12.6. The molecule has 24 heavy (non-hydrogen) atoms. The zero-order chi connectivity index (χ0) is 16.9. The molecule has 1 aromatic heterocycles. The molecule has 3 N–H and O–H groups in total. The summed E-state index contributed by atoms with van der Waals surface area (Å²) in [5.74, 6) is 0.517. The van der Waals surface area contributed by atoms with Crippen LogP contribution in [0.2, 0.25) is 0 Å². The van der Waals surface area contributed by atoms with E-state index in [0.29, 0.717) is 16.4 Å². The minimum absolute atomic E-state index is 0.114. The first kappa shape index (κ1) is 16.5. The van der Waals surface area contributed by atoms with Crippen molar-refractivity contribution in [3.8, 4) is 0 Å². The molecule has 3 aromatic rings. The number of amides is 1. The van der Waals surface area contributed by atoms with Crippen molar-refractivity contribution in [2.24, 2.45) is 0 Å². The van der Waals surface area contributed by atoms with Crippen LogP contribution in [0, 0.1) is 6.92 Å². The summed E-state index contributed by atoms with van der Waals surface area (Å²) in [6.45, 7) is 1.97. The lowest BCUT2D eigenvalue weighted by Gasteiger charge is -2.11. The van der Waals surface area contributed by atoms with Crippen molar-refractivity contribution in [2.45, 2.75) is 17.0 Å². The summed E-state index contributed by atoms with van der Waals surface area (Å²) in [7, 11) is 0. The van der Waals surface area contributed by atoms with E-state index in [1.807, 2.05) is 55.5 Å². The van der Waals surface area contributed by atoms with Crippen LogP contribution in [0.15, 0.2) is 52.9 Å². The van der Waals surface area contributed by atoms with Crippen LogP contribution in [-0.4, -0.2) is 16.1 Å². The van der Waals surface area contributed by atoms with Gasteiger partial charge in [0.05, 0.1) is 0 Å². The summed E-state index contributed by atoms with van der Waals surface area (Å²) in [6.07, 6.45) is 0. The van der Waals surface area contributed by atoms with Gasteiger partial charge in [-0.3, -0.25) is 4.79 Å². The standard InChI is InChI=1S/C17H16N4OS2/c1-11-6-2-5-9-14(11)19-15(22)13-8-4-3-7-12(13)10-23-17-21-20-16(18)24-17/h2-9H,10H2,1H3,(H2,18,20)(H,19,22). The first-order valence-corrected chi connectivity index (χ1v) is 9.10. The lowest BCUT2D eigenvalue weighted by Crippen LogP contribution is -2.14. The Morgan fingerprint density at radius 2 is 1.92 bits per heavy atom. The third-order valence-corrected chi connectivity index (χ3v) is 5.36. The number of benzene rings is 2. The lowest BCUT2D eigenvalue weighted by atomic mass is 10.1. The summed E-state index contributed by atoms with van der Waals surface area (Å²) < 4.78 is 0.793. The van der Waals surface area contributed by atoms with Gasteiger partial charge in [-0.15, -0.1) is 10.2 Å². The number of thioether (sulfide) groups is 1. The normalized spacial score (nSPS) is 10.5. The average Bonchev–Trinajstić information content (AvgIpc) is 3.01. The molecule has 0 atom stereocenters. The number of para-hydroxylation sites is 1. The zero-order valence-corrected chi connectivity index (χ0v) is 14.7. The van der Waals surface area contributed by atoms with Gasteiger partial charge in [0.15, 0.2) is 4.34 Å². The first-order chi connectivity index (χ1) is 11.6. The van der Waals surface area contributed by atoms with Gasteiger partial charge in [-0.2, -0.15) is 0 Å². The van der Waals surface area contributed by atoms with E-state index in [2.05, 4.69) is 15.5 Å². The second-order valence-corrected chi connectivity index (χ2v) is 7.35. The Hall–Kier alpha value is -2.38. The Balaban J connectivity index is 1.75. The quantitative estimate of drug-likeness (QED) is 0.676. The van der Waals surface area contributed by atoms with Gasteiger partial charge in [0, 0.05) is 17.0 Å². The highest BCUT2D eigenvalue weighted by Gasteiger charge is 2.13. The van der Waals surface area contributed by atoms with E-state index in [9.17, 15) is 4.79 Å². The molecule has 0 aliphatic heterocycles. The van der Waals surface area contributed by atoms with Crippen LogP contribution in [0.1, 0.15) is 21.5 Å². The monoisotopic (exact) mass is 356 g/mol. The van der Waals surface area contributed by atoms with E-state index < -0.39 is 0 Å². The van der Waals surface area contributed by atoms with Crippen LogP contribution in [0.3, 0.4) is 0 Å². The molecule has 0 fully saturated rings. The van der Waals surface area contributed by atoms with Gasteiger partial charge in [-0.25, -0.2) is 0 Å². The number of nitrogen functional groups attached to an aromatic ring is 1. The number of anilines is 2. The van der Waals surface area contributed by atoms with E-state index in [-0.39, 0.29) is 5.91 Å². The van der Waals surface area contributed by atoms with E-state index in [1.54, 1.807) is 0 Å². The molecule has 1 amide bonds. The molecular weight excluding hydrogens is 340 g/mol. The smallest absolute Gasteiger partial charge is 0.255 e. The van der Waals surface area contributed by atoms with Gasteiger partial charge in [0.1, 0.15) is 0 Å². The maximum Gasteiger partial charge on any atom is 0.255 e. The second kappa shape index (κ2) is 7.46. The van der Waals surface area contributed by atoms with Crippen molar-refractivity contribution in [1.82, 2.24) is 10.2 Å². The van der Waals surface area contributed by atoms with E-state index in [1.165, 1.54) is 23.1 Å². The van der Waals surface area contributed by atoms with Crippen molar-refractivity contribution in [2.75, 3.05) is 11.1 Å². The summed E-state index contributed by atoms with van der Waals surface area (Å²) in [5, 5.41) is 11.2. The van der Waals surface area contributed by atoms with Crippen LogP contribution in [0.4, 0.5) is 10.8 Å². The lowest BCUT2D eigenvalue weighted by molar-refractivity contribution is 0.102.